The van der Waals surface area contributed by atoms with E-state index >= 15 is 0 Å². The summed E-state index contributed by atoms with van der Waals surface area (Å²) in [5.74, 6) is 1.18. The van der Waals surface area contributed by atoms with E-state index in [2.05, 4.69) is 31.3 Å². The third kappa shape index (κ3) is 2.28. The summed E-state index contributed by atoms with van der Waals surface area (Å²) >= 11 is 0. The average Bonchev–Trinajstić information content (AvgIpc) is 3.30. The Morgan fingerprint density at radius 1 is 1.23 bits per heavy atom. The lowest BCUT2D eigenvalue weighted by Gasteiger charge is -2.27. The van der Waals surface area contributed by atoms with Gasteiger partial charge in [-0.2, -0.15) is 0 Å². The largest absolute Gasteiger partial charge is 0.345 e. The fourth-order valence-corrected chi connectivity index (χ4v) is 3.32. The van der Waals surface area contributed by atoms with Gasteiger partial charge in [-0.1, -0.05) is 6.07 Å². The number of benzene rings is 2. The van der Waals surface area contributed by atoms with Crippen molar-refractivity contribution in [2.24, 2.45) is 9.98 Å². The maximum atomic E-state index is 12.7. The van der Waals surface area contributed by atoms with Crippen LogP contribution in [0.4, 0.5) is 5.69 Å². The molecule has 1 aromatic heterocycles. The predicted molar refractivity (Wildman–Crippen MR) is 99.9 cm³/mol. The summed E-state index contributed by atoms with van der Waals surface area (Å²) in [6, 6.07) is 11.5. The Kier molecular flexibility index (Phi) is 3.15. The quantitative estimate of drug-likeness (QED) is 0.710. The number of aliphatic imine (C=N–C) groups is 2. The second kappa shape index (κ2) is 5.52. The minimum absolute atomic E-state index is 0.212. The molecule has 0 spiro atoms. The molecule has 1 amide bonds. The summed E-state index contributed by atoms with van der Waals surface area (Å²) in [7, 11) is 0. The zero-order valence-electron chi connectivity index (χ0n) is 14.2. The number of rotatable bonds is 1. The molecular weight excluding hydrogens is 328 g/mol. The maximum absolute atomic E-state index is 12.7. The van der Waals surface area contributed by atoms with Crippen molar-refractivity contribution in [3.63, 3.8) is 0 Å². The highest BCUT2D eigenvalue weighted by atomic mass is 16.1. The van der Waals surface area contributed by atoms with Gasteiger partial charge in [0.15, 0.2) is 0 Å². The number of amides is 1. The Morgan fingerprint density at radius 2 is 2.15 bits per heavy atom. The molecule has 0 atom stereocenters. The van der Waals surface area contributed by atoms with Crippen LogP contribution in [-0.4, -0.2) is 45.7 Å². The van der Waals surface area contributed by atoms with Crippen molar-refractivity contribution in [1.29, 1.82) is 0 Å². The van der Waals surface area contributed by atoms with E-state index in [9.17, 15) is 4.79 Å². The molecule has 0 bridgehead atoms. The Balaban J connectivity index is 1.51. The number of guanidine groups is 1. The fraction of sp³-hybridized carbons (Fsp3) is 0.158. The molecule has 0 saturated carbocycles. The number of hydrogen-bond acceptors (Lipinski definition) is 5. The van der Waals surface area contributed by atoms with Gasteiger partial charge in [0.1, 0.15) is 5.84 Å². The minimum atomic E-state index is -0.212. The highest BCUT2D eigenvalue weighted by molar-refractivity contribution is 6.19. The number of fused-ring (bicyclic) bond motifs is 4. The van der Waals surface area contributed by atoms with Gasteiger partial charge in [0.2, 0.25) is 5.96 Å². The average molecular weight is 344 g/mol. The van der Waals surface area contributed by atoms with E-state index in [1.807, 2.05) is 30.0 Å². The van der Waals surface area contributed by atoms with Crippen molar-refractivity contribution in [1.82, 2.24) is 20.2 Å². The molecule has 7 heteroatoms. The number of aromatic nitrogens is 2. The highest BCUT2D eigenvalue weighted by Gasteiger charge is 2.30. The summed E-state index contributed by atoms with van der Waals surface area (Å²) in [4.78, 5) is 31.2. The van der Waals surface area contributed by atoms with Crippen LogP contribution in [0, 0.1) is 6.92 Å². The first-order valence-corrected chi connectivity index (χ1v) is 8.45. The van der Waals surface area contributed by atoms with E-state index in [4.69, 9.17) is 0 Å². The molecule has 0 unspecified atom stereocenters. The summed E-state index contributed by atoms with van der Waals surface area (Å²) in [6.45, 7) is 3.42. The van der Waals surface area contributed by atoms with Gasteiger partial charge in [-0.3, -0.25) is 20.0 Å². The molecule has 3 aromatic rings. The molecule has 2 aliphatic heterocycles. The normalized spacial score (nSPS) is 15.3. The zero-order valence-corrected chi connectivity index (χ0v) is 14.2. The smallest absolute Gasteiger partial charge is 0.258 e. The van der Waals surface area contributed by atoms with Crippen LogP contribution >= 0.6 is 0 Å². The minimum Gasteiger partial charge on any atom is -0.345 e. The number of carbonyl (C=O) groups is 1. The number of aryl methyl sites for hydroxylation is 1. The molecule has 3 heterocycles. The first-order valence-electron chi connectivity index (χ1n) is 8.45. The van der Waals surface area contributed by atoms with Crippen LogP contribution in [0.2, 0.25) is 0 Å². The van der Waals surface area contributed by atoms with E-state index in [0.717, 1.165) is 33.7 Å². The SMILES string of the molecule is Cc1ccc2c(c1)N=C(NC(=O)c1ccc3[nH]cnc3c1)N1CCN=C21. The molecule has 0 radical (unpaired) electrons. The Morgan fingerprint density at radius 3 is 3.08 bits per heavy atom. The Hall–Kier alpha value is -3.48. The van der Waals surface area contributed by atoms with Gasteiger partial charge in [-0.05, 0) is 42.8 Å². The fourth-order valence-electron chi connectivity index (χ4n) is 3.32. The third-order valence-electron chi connectivity index (χ3n) is 4.63. The molecule has 2 aromatic carbocycles. The molecule has 2 aliphatic rings. The van der Waals surface area contributed by atoms with Crippen LogP contribution in [0.3, 0.4) is 0 Å². The topological polar surface area (TPSA) is 85.7 Å². The highest BCUT2D eigenvalue weighted by Crippen LogP contribution is 2.29. The van der Waals surface area contributed by atoms with Gasteiger partial charge in [0.25, 0.3) is 5.91 Å². The summed E-state index contributed by atoms with van der Waals surface area (Å²) in [6.07, 6.45) is 1.61. The monoisotopic (exact) mass is 344 g/mol. The van der Waals surface area contributed by atoms with Crippen LogP contribution in [0.25, 0.3) is 11.0 Å². The van der Waals surface area contributed by atoms with Crippen molar-refractivity contribution in [3.05, 3.63) is 59.4 Å². The summed E-state index contributed by atoms with van der Waals surface area (Å²) in [5.41, 5.74) is 5.15. The van der Waals surface area contributed by atoms with Crippen molar-refractivity contribution in [3.8, 4) is 0 Å². The number of nitrogens with zero attached hydrogens (tertiary/aromatic N) is 4. The third-order valence-corrected chi connectivity index (χ3v) is 4.63. The van der Waals surface area contributed by atoms with Gasteiger partial charge < -0.3 is 4.98 Å². The first kappa shape index (κ1) is 14.8. The standard InChI is InChI=1S/C19H16N6O/c1-11-2-4-13-15(8-11)23-19(25-7-6-20-17(13)25)24-18(26)12-3-5-14-16(9-12)22-10-21-14/h2-5,8-10H,6-7H2,1H3,(H,21,22)(H,23,24,26). The van der Waals surface area contributed by atoms with E-state index < -0.39 is 0 Å². The zero-order chi connectivity index (χ0) is 17.7. The lowest BCUT2D eigenvalue weighted by molar-refractivity contribution is 0.0974. The van der Waals surface area contributed by atoms with Crippen molar-refractivity contribution in [2.45, 2.75) is 6.92 Å². The van der Waals surface area contributed by atoms with Crippen molar-refractivity contribution in [2.75, 3.05) is 13.1 Å². The van der Waals surface area contributed by atoms with Gasteiger partial charge in [0, 0.05) is 17.7 Å². The second-order valence-corrected chi connectivity index (χ2v) is 6.40. The number of aromatic amines is 1. The first-order chi connectivity index (χ1) is 12.7. The predicted octanol–water partition coefficient (Wildman–Crippen LogP) is 2.36. The molecule has 7 nitrogen and oxygen atoms in total. The lowest BCUT2D eigenvalue weighted by Crippen LogP contribution is -2.47. The molecule has 0 aliphatic carbocycles. The number of imidazole rings is 1. The van der Waals surface area contributed by atoms with Crippen LogP contribution in [-0.2, 0) is 0 Å². The molecule has 2 N–H and O–H groups in total. The second-order valence-electron chi connectivity index (χ2n) is 6.40. The van der Waals surface area contributed by atoms with Gasteiger partial charge >= 0.3 is 0 Å². The molecule has 26 heavy (non-hydrogen) atoms. The van der Waals surface area contributed by atoms with Gasteiger partial charge in [0.05, 0.1) is 29.6 Å². The maximum Gasteiger partial charge on any atom is 0.258 e. The van der Waals surface area contributed by atoms with E-state index in [0.29, 0.717) is 24.6 Å². The summed E-state index contributed by atoms with van der Waals surface area (Å²) in [5, 5.41) is 2.94. The van der Waals surface area contributed by atoms with E-state index in [-0.39, 0.29) is 5.91 Å². The number of amidine groups is 1. The van der Waals surface area contributed by atoms with Crippen molar-refractivity contribution < 1.29 is 4.79 Å². The molecule has 0 saturated heterocycles. The molecule has 0 fully saturated rings. The van der Waals surface area contributed by atoms with E-state index in [1.165, 1.54) is 0 Å². The van der Waals surface area contributed by atoms with E-state index in [1.54, 1.807) is 18.5 Å². The van der Waals surface area contributed by atoms with Crippen molar-refractivity contribution >= 4 is 34.4 Å². The number of nitrogens with one attached hydrogen (secondary N) is 2. The molecule has 128 valence electrons. The van der Waals surface area contributed by atoms with Crippen LogP contribution in [0.5, 0.6) is 0 Å². The lowest BCUT2D eigenvalue weighted by atomic mass is 10.1. The molecular formula is C19H16N6O. The van der Waals surface area contributed by atoms with Crippen LogP contribution in [0.1, 0.15) is 21.5 Å². The van der Waals surface area contributed by atoms with Gasteiger partial charge in [-0.15, -0.1) is 0 Å². The Bertz CT molecular complexity index is 1110. The van der Waals surface area contributed by atoms with Crippen LogP contribution < -0.4 is 5.32 Å². The van der Waals surface area contributed by atoms with Crippen LogP contribution in [0.15, 0.2) is 52.7 Å². The summed E-state index contributed by atoms with van der Waals surface area (Å²) < 4.78 is 0. The number of hydrogen-bond donors (Lipinski definition) is 2. The number of carbonyl (C=O) groups excluding carboxylic acids is 1. The Labute approximate surface area is 149 Å². The molecule has 5 rings (SSSR count). The van der Waals surface area contributed by atoms with Gasteiger partial charge in [-0.25, -0.2) is 9.98 Å². The number of H-pyrrole nitrogens is 1.